The minimum Gasteiger partial charge on any atom is -0.460 e. The summed E-state index contributed by atoms with van der Waals surface area (Å²) in [4.78, 5) is 10.6. The Hall–Kier alpha value is -0.520. The van der Waals surface area contributed by atoms with Crippen LogP contribution in [0.3, 0.4) is 0 Å². The van der Waals surface area contributed by atoms with Crippen molar-refractivity contribution in [2.75, 3.05) is 13.2 Å². The zero-order chi connectivity index (χ0) is 7.98. The lowest BCUT2D eigenvalue weighted by atomic mass is 10.4. The van der Waals surface area contributed by atoms with E-state index in [9.17, 15) is 4.79 Å². The first-order valence-electron chi connectivity index (χ1n) is 2.77. The topological polar surface area (TPSA) is 70.5 Å². The van der Waals surface area contributed by atoms with Crippen LogP contribution in [0.4, 0.5) is 0 Å². The van der Waals surface area contributed by atoms with Crippen LogP contribution in [-0.2, 0) is 13.7 Å². The molecular weight excluding hydrogens is 166 g/mol. The van der Waals surface area contributed by atoms with Gasteiger partial charge in [0.2, 0.25) is 0 Å². The van der Waals surface area contributed by atoms with Crippen LogP contribution < -0.4 is 6.15 Å². The highest BCUT2D eigenvalue weighted by Gasteiger charge is 2.00. The van der Waals surface area contributed by atoms with Gasteiger partial charge in [0.1, 0.15) is 6.61 Å². The molecule has 0 unspecified atom stereocenters. The predicted molar refractivity (Wildman–Crippen MR) is 45.7 cm³/mol. The van der Waals surface area contributed by atoms with E-state index >= 15 is 0 Å². The van der Waals surface area contributed by atoms with Crippen molar-refractivity contribution >= 4 is 18.9 Å². The van der Waals surface area contributed by atoms with E-state index in [-0.39, 0.29) is 12.8 Å². The average Bonchev–Trinajstić information content (AvgIpc) is 1.88. The van der Waals surface area contributed by atoms with Gasteiger partial charge in [-0.2, -0.15) is 0 Å². The molecule has 11 heavy (non-hydrogen) atoms. The van der Waals surface area contributed by atoms with Gasteiger partial charge in [-0.05, 0) is 19.8 Å². The number of carbonyl (C=O) groups is 1. The third-order valence-electron chi connectivity index (χ3n) is 0.756. The number of hydrogen-bond acceptors (Lipinski definition) is 5. The Labute approximate surface area is 71.8 Å². The molecule has 0 atom stereocenters. The van der Waals surface area contributed by atoms with Crippen molar-refractivity contribution in [3.8, 4) is 0 Å². The molecule has 0 saturated heterocycles. The van der Waals surface area contributed by atoms with Crippen LogP contribution in [0.15, 0.2) is 12.2 Å². The maximum Gasteiger partial charge on any atom is 0.333 e. The SMILES string of the molecule is C=C(C)C(=O)OCCOS.N. The fourth-order valence-corrected chi connectivity index (χ4v) is 0.369. The fourth-order valence-electron chi connectivity index (χ4n) is 0.295. The molecule has 0 aromatic carbocycles. The largest absolute Gasteiger partial charge is 0.460 e. The van der Waals surface area contributed by atoms with Crippen molar-refractivity contribution in [2.24, 2.45) is 0 Å². The monoisotopic (exact) mass is 179 g/mol. The fraction of sp³-hybridized carbons (Fsp3) is 0.500. The summed E-state index contributed by atoms with van der Waals surface area (Å²) in [7, 11) is 0. The predicted octanol–water partition coefficient (Wildman–Crippen LogP) is 1.13. The van der Waals surface area contributed by atoms with Gasteiger partial charge < -0.3 is 15.1 Å². The molecule has 0 bridgehead atoms. The number of ether oxygens (including phenoxy) is 1. The summed E-state index contributed by atoms with van der Waals surface area (Å²) in [5.41, 5.74) is 0.388. The van der Waals surface area contributed by atoms with Crippen LogP contribution in [0.2, 0.25) is 0 Å². The van der Waals surface area contributed by atoms with Gasteiger partial charge in [-0.15, -0.1) is 0 Å². The van der Waals surface area contributed by atoms with E-state index in [0.717, 1.165) is 0 Å². The van der Waals surface area contributed by atoms with E-state index in [1.807, 2.05) is 0 Å². The molecule has 0 radical (unpaired) electrons. The summed E-state index contributed by atoms with van der Waals surface area (Å²) >= 11 is 3.46. The standard InChI is InChI=1S/C6H10O3S.H3N/c1-5(2)6(7)8-3-4-9-10;/h10H,1,3-4H2,2H3;1H3. The maximum atomic E-state index is 10.6. The first-order valence-corrected chi connectivity index (χ1v) is 3.14. The summed E-state index contributed by atoms with van der Waals surface area (Å²) < 4.78 is 8.99. The summed E-state index contributed by atoms with van der Waals surface area (Å²) in [5, 5.41) is 0. The second kappa shape index (κ2) is 7.59. The Morgan fingerprint density at radius 1 is 1.55 bits per heavy atom. The molecule has 0 heterocycles. The lowest BCUT2D eigenvalue weighted by molar-refractivity contribution is -0.139. The van der Waals surface area contributed by atoms with E-state index in [1.54, 1.807) is 6.92 Å². The van der Waals surface area contributed by atoms with Crippen LogP contribution in [0.5, 0.6) is 0 Å². The van der Waals surface area contributed by atoms with Gasteiger partial charge in [-0.3, -0.25) is 0 Å². The van der Waals surface area contributed by atoms with Crippen LogP contribution in [-0.4, -0.2) is 19.2 Å². The van der Waals surface area contributed by atoms with Crippen molar-refractivity contribution in [2.45, 2.75) is 6.92 Å². The molecule has 0 amide bonds. The maximum absolute atomic E-state index is 10.6. The lowest BCUT2D eigenvalue weighted by Crippen LogP contribution is -2.08. The molecule has 0 aliphatic carbocycles. The van der Waals surface area contributed by atoms with Crippen LogP contribution in [0.25, 0.3) is 0 Å². The Morgan fingerprint density at radius 2 is 2.09 bits per heavy atom. The second-order valence-corrected chi connectivity index (χ2v) is 2.01. The number of thiol groups is 1. The normalized spacial score (nSPS) is 8.18. The van der Waals surface area contributed by atoms with Crippen molar-refractivity contribution in [3.63, 3.8) is 0 Å². The lowest BCUT2D eigenvalue weighted by Gasteiger charge is -2.00. The molecule has 0 spiro atoms. The minimum atomic E-state index is -0.398. The Bertz CT molecular complexity index is 138. The van der Waals surface area contributed by atoms with Crippen LogP contribution in [0, 0.1) is 0 Å². The Balaban J connectivity index is 0. The van der Waals surface area contributed by atoms with Crippen molar-refractivity contribution in [1.82, 2.24) is 6.15 Å². The Kier molecular flexibility index (Phi) is 9.03. The van der Waals surface area contributed by atoms with Gasteiger partial charge in [-0.1, -0.05) is 6.58 Å². The third-order valence-corrected chi connectivity index (χ3v) is 0.939. The molecule has 0 rings (SSSR count). The molecule has 66 valence electrons. The Morgan fingerprint density at radius 3 is 2.45 bits per heavy atom. The highest BCUT2D eigenvalue weighted by atomic mass is 32.1. The first-order chi connectivity index (χ1) is 4.68. The second-order valence-electron chi connectivity index (χ2n) is 1.75. The quantitative estimate of drug-likeness (QED) is 0.223. The molecule has 4 nitrogen and oxygen atoms in total. The summed E-state index contributed by atoms with van der Waals surface area (Å²) in [6.45, 7) is 5.50. The first kappa shape index (κ1) is 13.1. The van der Waals surface area contributed by atoms with Crippen molar-refractivity contribution in [3.05, 3.63) is 12.2 Å². The van der Waals surface area contributed by atoms with Gasteiger partial charge >= 0.3 is 5.97 Å². The van der Waals surface area contributed by atoms with E-state index in [0.29, 0.717) is 12.2 Å². The highest BCUT2D eigenvalue weighted by molar-refractivity contribution is 7.75. The van der Waals surface area contributed by atoms with Gasteiger partial charge in [-0.25, -0.2) is 4.79 Å². The summed E-state index contributed by atoms with van der Waals surface area (Å²) in [6, 6.07) is 0. The van der Waals surface area contributed by atoms with E-state index in [4.69, 9.17) is 0 Å². The molecule has 0 aromatic heterocycles. The van der Waals surface area contributed by atoms with Gasteiger partial charge in [0.25, 0.3) is 0 Å². The number of esters is 1. The van der Waals surface area contributed by atoms with E-state index < -0.39 is 5.97 Å². The molecule has 3 N–H and O–H groups in total. The molecule has 0 aromatic rings. The van der Waals surface area contributed by atoms with Gasteiger partial charge in [0.15, 0.2) is 0 Å². The van der Waals surface area contributed by atoms with Crippen molar-refractivity contribution < 1.29 is 13.7 Å². The smallest absolute Gasteiger partial charge is 0.333 e. The van der Waals surface area contributed by atoms with E-state index in [1.165, 1.54) is 0 Å². The number of carbonyl (C=O) groups excluding carboxylic acids is 1. The summed E-state index contributed by atoms with van der Waals surface area (Å²) in [6.07, 6.45) is 0. The molecule has 5 heteroatoms. The highest BCUT2D eigenvalue weighted by Crippen LogP contribution is 1.91. The molecule has 0 aliphatic rings. The third kappa shape index (κ3) is 7.38. The molecule has 0 fully saturated rings. The van der Waals surface area contributed by atoms with Crippen molar-refractivity contribution in [1.29, 1.82) is 0 Å². The molecular formula is C6H13NO3S. The number of rotatable bonds is 4. The summed E-state index contributed by atoms with van der Waals surface area (Å²) in [5.74, 6) is -0.398. The van der Waals surface area contributed by atoms with Gasteiger partial charge in [0, 0.05) is 5.57 Å². The molecule has 0 aliphatic heterocycles. The van der Waals surface area contributed by atoms with Crippen LogP contribution in [0.1, 0.15) is 6.92 Å². The van der Waals surface area contributed by atoms with Gasteiger partial charge in [0.05, 0.1) is 6.61 Å². The zero-order valence-electron chi connectivity index (χ0n) is 6.50. The number of hydrogen-bond donors (Lipinski definition) is 2. The minimum absolute atomic E-state index is 0. The van der Waals surface area contributed by atoms with Crippen LogP contribution >= 0.6 is 12.9 Å². The zero-order valence-corrected chi connectivity index (χ0v) is 7.39. The average molecular weight is 179 g/mol. The van der Waals surface area contributed by atoms with E-state index in [2.05, 4.69) is 28.4 Å². The molecule has 0 saturated carbocycles.